The summed E-state index contributed by atoms with van der Waals surface area (Å²) in [7, 11) is 0. The molecule has 2 aromatic rings. The second kappa shape index (κ2) is 6.97. The van der Waals surface area contributed by atoms with Crippen LogP contribution in [-0.4, -0.2) is 19.1 Å². The average molecular weight is 360 g/mol. The zero-order valence-corrected chi connectivity index (χ0v) is 13.8. The first kappa shape index (κ1) is 15.1. The van der Waals surface area contributed by atoms with Gasteiger partial charge >= 0.3 is 0 Å². The second-order valence-corrected chi connectivity index (χ2v) is 6.31. The summed E-state index contributed by atoms with van der Waals surface area (Å²) < 4.78 is 6.76. The van der Waals surface area contributed by atoms with Gasteiger partial charge in [-0.15, -0.1) is 0 Å². The second-order valence-electron chi connectivity index (χ2n) is 5.45. The molecule has 0 spiro atoms. The summed E-state index contributed by atoms with van der Waals surface area (Å²) in [5, 5.41) is 3.02. The first-order chi connectivity index (χ1) is 10.7. The number of benzene rings is 2. The first-order valence-electron chi connectivity index (χ1n) is 7.46. The van der Waals surface area contributed by atoms with Crippen LogP contribution in [0.25, 0.3) is 0 Å². The van der Waals surface area contributed by atoms with E-state index in [2.05, 4.69) is 27.3 Å². The summed E-state index contributed by atoms with van der Waals surface area (Å²) in [4.78, 5) is 12.3. The molecule has 1 atom stereocenters. The highest BCUT2D eigenvalue weighted by Crippen LogP contribution is 2.26. The van der Waals surface area contributed by atoms with Crippen molar-refractivity contribution in [1.82, 2.24) is 5.32 Å². The number of hydrogen-bond acceptors (Lipinski definition) is 2. The smallest absolute Gasteiger partial charge is 0.226 e. The lowest BCUT2D eigenvalue weighted by molar-refractivity contribution is -0.126. The van der Waals surface area contributed by atoms with Gasteiger partial charge in [-0.3, -0.25) is 4.79 Å². The molecule has 0 fully saturated rings. The zero-order valence-electron chi connectivity index (χ0n) is 12.2. The summed E-state index contributed by atoms with van der Waals surface area (Å²) >= 11 is 3.53. The van der Waals surface area contributed by atoms with Gasteiger partial charge < -0.3 is 10.1 Å². The van der Waals surface area contributed by atoms with E-state index in [0.717, 1.165) is 28.6 Å². The minimum atomic E-state index is -0.103. The van der Waals surface area contributed by atoms with Crippen LogP contribution in [0.15, 0.2) is 53.0 Å². The SMILES string of the molecule is O=C(NCCc1ccccc1Br)C1COc2ccccc2C1. The molecule has 0 radical (unpaired) electrons. The van der Waals surface area contributed by atoms with Crippen LogP contribution in [-0.2, 0) is 17.6 Å². The molecule has 1 amide bonds. The Kier molecular flexibility index (Phi) is 4.78. The Morgan fingerprint density at radius 3 is 2.82 bits per heavy atom. The summed E-state index contributed by atoms with van der Waals surface area (Å²) in [6, 6.07) is 16.0. The molecule has 4 heteroatoms. The van der Waals surface area contributed by atoms with Crippen LogP contribution in [0, 0.1) is 5.92 Å². The van der Waals surface area contributed by atoms with Gasteiger partial charge in [-0.05, 0) is 36.1 Å². The third-order valence-corrected chi connectivity index (χ3v) is 4.67. The number of fused-ring (bicyclic) bond motifs is 1. The fourth-order valence-corrected chi connectivity index (χ4v) is 3.15. The van der Waals surface area contributed by atoms with Crippen LogP contribution >= 0.6 is 15.9 Å². The van der Waals surface area contributed by atoms with Crippen molar-refractivity contribution in [1.29, 1.82) is 0 Å². The Morgan fingerprint density at radius 2 is 1.95 bits per heavy atom. The lowest BCUT2D eigenvalue weighted by Gasteiger charge is -2.24. The molecular weight excluding hydrogens is 342 g/mol. The fraction of sp³-hybridized carbons (Fsp3) is 0.278. The van der Waals surface area contributed by atoms with Crippen molar-refractivity contribution in [2.75, 3.05) is 13.2 Å². The van der Waals surface area contributed by atoms with Crippen molar-refractivity contribution in [3.63, 3.8) is 0 Å². The average Bonchev–Trinajstić information content (AvgIpc) is 2.56. The first-order valence-corrected chi connectivity index (χ1v) is 8.25. The standard InChI is InChI=1S/C18H18BrNO2/c19-16-7-3-1-5-13(16)9-10-20-18(21)15-11-14-6-2-4-8-17(14)22-12-15/h1-8,15H,9-12H2,(H,20,21). The number of amides is 1. The maximum Gasteiger partial charge on any atom is 0.226 e. The highest BCUT2D eigenvalue weighted by atomic mass is 79.9. The molecule has 1 unspecified atom stereocenters. The number of hydrogen-bond donors (Lipinski definition) is 1. The molecule has 1 aliphatic rings. The van der Waals surface area contributed by atoms with E-state index in [1.54, 1.807) is 0 Å². The Balaban J connectivity index is 1.52. The number of para-hydroxylation sites is 1. The molecule has 0 bridgehead atoms. The van der Waals surface area contributed by atoms with E-state index in [1.165, 1.54) is 5.56 Å². The van der Waals surface area contributed by atoms with Crippen LogP contribution in [0.4, 0.5) is 0 Å². The quantitative estimate of drug-likeness (QED) is 0.908. The van der Waals surface area contributed by atoms with E-state index >= 15 is 0 Å². The van der Waals surface area contributed by atoms with E-state index < -0.39 is 0 Å². The minimum absolute atomic E-state index is 0.0709. The molecule has 0 saturated carbocycles. The predicted octanol–water partition coefficient (Wildman–Crippen LogP) is 3.36. The summed E-state index contributed by atoms with van der Waals surface area (Å²) in [5.74, 6) is 0.871. The molecule has 3 nitrogen and oxygen atoms in total. The van der Waals surface area contributed by atoms with Crippen LogP contribution in [0.3, 0.4) is 0 Å². The number of carbonyl (C=O) groups is 1. The number of nitrogens with one attached hydrogen (secondary N) is 1. The van der Waals surface area contributed by atoms with Gasteiger partial charge in [-0.2, -0.15) is 0 Å². The van der Waals surface area contributed by atoms with Gasteiger partial charge in [0, 0.05) is 11.0 Å². The normalized spacial score (nSPS) is 16.5. The molecule has 0 aromatic heterocycles. The van der Waals surface area contributed by atoms with E-state index in [9.17, 15) is 4.79 Å². The third-order valence-electron chi connectivity index (χ3n) is 3.90. The van der Waals surface area contributed by atoms with E-state index in [4.69, 9.17) is 4.74 Å². The summed E-state index contributed by atoms with van der Waals surface area (Å²) in [6.07, 6.45) is 1.56. The van der Waals surface area contributed by atoms with Gasteiger partial charge in [-0.1, -0.05) is 52.3 Å². The highest BCUT2D eigenvalue weighted by molar-refractivity contribution is 9.10. The molecule has 114 valence electrons. The Hall–Kier alpha value is -1.81. The summed E-state index contributed by atoms with van der Waals surface area (Å²) in [5.41, 5.74) is 2.31. The van der Waals surface area contributed by atoms with Gasteiger partial charge in [0.05, 0.1) is 5.92 Å². The van der Waals surface area contributed by atoms with Gasteiger partial charge in [0.2, 0.25) is 5.91 Å². The fourth-order valence-electron chi connectivity index (χ4n) is 2.66. The molecule has 1 N–H and O–H groups in total. The van der Waals surface area contributed by atoms with E-state index in [1.807, 2.05) is 42.5 Å². The molecule has 0 saturated heterocycles. The molecule has 0 aliphatic carbocycles. The summed E-state index contributed by atoms with van der Waals surface area (Å²) in [6.45, 7) is 1.09. The van der Waals surface area contributed by atoms with Crippen LogP contribution in [0.1, 0.15) is 11.1 Å². The van der Waals surface area contributed by atoms with Gasteiger partial charge in [0.1, 0.15) is 12.4 Å². The third kappa shape index (κ3) is 3.50. The largest absolute Gasteiger partial charge is 0.492 e. The van der Waals surface area contributed by atoms with Crippen molar-refractivity contribution in [3.05, 3.63) is 64.1 Å². The predicted molar refractivity (Wildman–Crippen MR) is 90.0 cm³/mol. The monoisotopic (exact) mass is 359 g/mol. The van der Waals surface area contributed by atoms with Crippen LogP contribution < -0.4 is 10.1 Å². The van der Waals surface area contributed by atoms with Crippen molar-refractivity contribution in [3.8, 4) is 5.75 Å². The number of halogens is 1. The van der Waals surface area contributed by atoms with Crippen LogP contribution in [0.2, 0.25) is 0 Å². The Morgan fingerprint density at radius 1 is 1.18 bits per heavy atom. The van der Waals surface area contributed by atoms with Crippen LogP contribution in [0.5, 0.6) is 5.75 Å². The highest BCUT2D eigenvalue weighted by Gasteiger charge is 2.25. The Bertz CT molecular complexity index is 672. The van der Waals surface area contributed by atoms with Crippen molar-refractivity contribution in [2.24, 2.45) is 5.92 Å². The van der Waals surface area contributed by atoms with E-state index in [-0.39, 0.29) is 11.8 Å². The Labute approximate surface area is 138 Å². The molecule has 22 heavy (non-hydrogen) atoms. The number of ether oxygens (including phenoxy) is 1. The van der Waals surface area contributed by atoms with Gasteiger partial charge in [0.25, 0.3) is 0 Å². The molecule has 1 heterocycles. The topological polar surface area (TPSA) is 38.3 Å². The lowest BCUT2D eigenvalue weighted by Crippen LogP contribution is -2.38. The number of rotatable bonds is 4. The molecule has 2 aromatic carbocycles. The van der Waals surface area contributed by atoms with E-state index in [0.29, 0.717) is 13.2 Å². The van der Waals surface area contributed by atoms with Gasteiger partial charge in [-0.25, -0.2) is 0 Å². The lowest BCUT2D eigenvalue weighted by atomic mass is 9.96. The number of carbonyl (C=O) groups excluding carboxylic acids is 1. The molecular formula is C18H18BrNO2. The molecule has 3 rings (SSSR count). The van der Waals surface area contributed by atoms with Crippen molar-refractivity contribution in [2.45, 2.75) is 12.8 Å². The molecule has 1 aliphatic heterocycles. The zero-order chi connectivity index (χ0) is 15.4. The minimum Gasteiger partial charge on any atom is -0.492 e. The maximum atomic E-state index is 12.3. The van der Waals surface area contributed by atoms with Crippen molar-refractivity contribution < 1.29 is 9.53 Å². The maximum absolute atomic E-state index is 12.3. The van der Waals surface area contributed by atoms with Gasteiger partial charge in [0.15, 0.2) is 0 Å². The van der Waals surface area contributed by atoms with Crippen molar-refractivity contribution >= 4 is 21.8 Å².